The van der Waals surface area contributed by atoms with Crippen LogP contribution in [0.25, 0.3) is 0 Å². The molecule has 1 amide bonds. The number of nitrogens with zero attached hydrogens (tertiary/aromatic N) is 3. The summed E-state index contributed by atoms with van der Waals surface area (Å²) in [5.41, 5.74) is 2.22. The highest BCUT2D eigenvalue weighted by Gasteiger charge is 2.23. The maximum atomic E-state index is 13.0. The maximum Gasteiger partial charge on any atom is 0.255 e. The lowest BCUT2D eigenvalue weighted by atomic mass is 10.2. The highest BCUT2D eigenvalue weighted by Crippen LogP contribution is 2.23. The van der Waals surface area contributed by atoms with Gasteiger partial charge in [0.1, 0.15) is 0 Å². The Balaban J connectivity index is 1.45. The van der Waals surface area contributed by atoms with E-state index in [1.165, 1.54) is 10.6 Å². The SMILES string of the molecule is O=C(c1ccc(=O)n(Cc2ccc(Cl)c(Cl)c2)c1)N1CCN(c2ccc(Cl)cc2)CC1. The molecule has 1 saturated heterocycles. The highest BCUT2D eigenvalue weighted by atomic mass is 35.5. The summed E-state index contributed by atoms with van der Waals surface area (Å²) in [6.45, 7) is 2.98. The summed E-state index contributed by atoms with van der Waals surface area (Å²) < 4.78 is 1.51. The van der Waals surface area contributed by atoms with Crippen LogP contribution < -0.4 is 10.5 Å². The molecule has 0 atom stereocenters. The Morgan fingerprint density at radius 3 is 2.23 bits per heavy atom. The minimum Gasteiger partial charge on any atom is -0.368 e. The monoisotopic (exact) mass is 475 g/mol. The Hall–Kier alpha value is -2.47. The van der Waals surface area contributed by atoms with Gasteiger partial charge in [0.2, 0.25) is 0 Å². The predicted molar refractivity (Wildman–Crippen MR) is 126 cm³/mol. The molecule has 4 rings (SSSR count). The molecule has 5 nitrogen and oxygen atoms in total. The van der Waals surface area contributed by atoms with Crippen LogP contribution in [0.3, 0.4) is 0 Å². The lowest BCUT2D eigenvalue weighted by Crippen LogP contribution is -2.49. The van der Waals surface area contributed by atoms with Crippen LogP contribution in [0.1, 0.15) is 15.9 Å². The molecule has 1 aromatic heterocycles. The second kappa shape index (κ2) is 9.35. The molecule has 0 N–H and O–H groups in total. The van der Waals surface area contributed by atoms with E-state index in [0.717, 1.165) is 24.3 Å². The zero-order valence-corrected chi connectivity index (χ0v) is 18.9. The third-order valence-electron chi connectivity index (χ3n) is 5.33. The number of hydrogen-bond donors (Lipinski definition) is 0. The van der Waals surface area contributed by atoms with E-state index in [2.05, 4.69) is 4.90 Å². The van der Waals surface area contributed by atoms with Gasteiger partial charge in [-0.1, -0.05) is 40.9 Å². The molecule has 2 aromatic carbocycles. The van der Waals surface area contributed by atoms with Gasteiger partial charge in [0.05, 0.1) is 22.2 Å². The van der Waals surface area contributed by atoms with E-state index in [9.17, 15) is 9.59 Å². The molecule has 0 radical (unpaired) electrons. The first-order valence-corrected chi connectivity index (χ1v) is 11.0. The number of carbonyl (C=O) groups is 1. The van der Waals surface area contributed by atoms with Gasteiger partial charge in [-0.3, -0.25) is 9.59 Å². The Morgan fingerprint density at radius 2 is 1.55 bits per heavy atom. The first-order valence-electron chi connectivity index (χ1n) is 9.85. The lowest BCUT2D eigenvalue weighted by molar-refractivity contribution is 0.0746. The summed E-state index contributed by atoms with van der Waals surface area (Å²) in [7, 11) is 0. The van der Waals surface area contributed by atoms with Crippen LogP contribution in [0.15, 0.2) is 65.6 Å². The van der Waals surface area contributed by atoms with E-state index in [-0.39, 0.29) is 11.5 Å². The van der Waals surface area contributed by atoms with Crippen molar-refractivity contribution in [3.63, 3.8) is 0 Å². The Morgan fingerprint density at radius 1 is 0.839 bits per heavy atom. The van der Waals surface area contributed by atoms with Crippen molar-refractivity contribution in [3.8, 4) is 0 Å². The Labute approximate surface area is 195 Å². The Kier molecular flexibility index (Phi) is 6.56. The van der Waals surface area contributed by atoms with Gasteiger partial charge in [0.25, 0.3) is 11.5 Å². The number of anilines is 1. The molecule has 0 spiro atoms. The molecule has 2 heterocycles. The van der Waals surface area contributed by atoms with Crippen LogP contribution in [-0.2, 0) is 6.54 Å². The number of amides is 1. The summed E-state index contributed by atoms with van der Waals surface area (Å²) >= 11 is 18.0. The fourth-order valence-corrected chi connectivity index (χ4v) is 4.07. The molecule has 160 valence electrons. The van der Waals surface area contributed by atoms with Crippen molar-refractivity contribution in [3.05, 3.63) is 97.3 Å². The molecule has 1 aliphatic rings. The fraction of sp³-hybridized carbons (Fsp3) is 0.217. The van der Waals surface area contributed by atoms with E-state index in [1.54, 1.807) is 24.4 Å². The van der Waals surface area contributed by atoms with Crippen LogP contribution in [0, 0.1) is 0 Å². The summed E-state index contributed by atoms with van der Waals surface area (Å²) in [5, 5.41) is 1.59. The Bertz CT molecular complexity index is 1150. The zero-order chi connectivity index (χ0) is 22.0. The van der Waals surface area contributed by atoms with E-state index in [4.69, 9.17) is 34.8 Å². The smallest absolute Gasteiger partial charge is 0.255 e. The molecule has 3 aromatic rings. The van der Waals surface area contributed by atoms with E-state index in [1.807, 2.05) is 35.2 Å². The molecule has 31 heavy (non-hydrogen) atoms. The van der Waals surface area contributed by atoms with Crippen LogP contribution in [0.4, 0.5) is 5.69 Å². The average Bonchev–Trinajstić information content (AvgIpc) is 2.78. The standard InChI is InChI=1S/C23H20Cl3N3O2/c24-18-3-5-19(6-4-18)27-9-11-28(12-10-27)23(31)17-2-8-22(30)29(15-17)14-16-1-7-20(25)21(26)13-16/h1-8,13,15H,9-12,14H2. The van der Waals surface area contributed by atoms with Gasteiger partial charge < -0.3 is 14.4 Å². The van der Waals surface area contributed by atoms with E-state index in [0.29, 0.717) is 40.3 Å². The van der Waals surface area contributed by atoms with Gasteiger partial charge in [0, 0.05) is 49.2 Å². The van der Waals surface area contributed by atoms with Gasteiger partial charge in [0.15, 0.2) is 0 Å². The molecule has 8 heteroatoms. The maximum absolute atomic E-state index is 13.0. The predicted octanol–water partition coefficient (Wildman–Crippen LogP) is 4.82. The quantitative estimate of drug-likeness (QED) is 0.542. The molecule has 0 bridgehead atoms. The van der Waals surface area contributed by atoms with E-state index < -0.39 is 0 Å². The number of aromatic nitrogens is 1. The number of rotatable bonds is 4. The van der Waals surface area contributed by atoms with Crippen molar-refractivity contribution in [2.45, 2.75) is 6.54 Å². The normalized spacial score (nSPS) is 14.0. The first-order chi connectivity index (χ1) is 14.9. The van der Waals surface area contributed by atoms with Gasteiger partial charge in [-0.05, 0) is 48.0 Å². The van der Waals surface area contributed by atoms with Crippen molar-refractivity contribution in [2.75, 3.05) is 31.1 Å². The molecule has 0 aliphatic carbocycles. The van der Waals surface area contributed by atoms with Crippen LogP contribution in [0.2, 0.25) is 15.1 Å². The van der Waals surface area contributed by atoms with Crippen LogP contribution >= 0.6 is 34.8 Å². The third-order valence-corrected chi connectivity index (χ3v) is 6.32. The first kappa shape index (κ1) is 21.8. The molecule has 1 aliphatic heterocycles. The van der Waals surface area contributed by atoms with Gasteiger partial charge >= 0.3 is 0 Å². The third kappa shape index (κ3) is 5.06. The lowest BCUT2D eigenvalue weighted by Gasteiger charge is -2.36. The highest BCUT2D eigenvalue weighted by molar-refractivity contribution is 6.42. The van der Waals surface area contributed by atoms with Crippen molar-refractivity contribution in [2.24, 2.45) is 0 Å². The molecule has 1 fully saturated rings. The molecular weight excluding hydrogens is 457 g/mol. The van der Waals surface area contributed by atoms with Gasteiger partial charge in [-0.2, -0.15) is 0 Å². The number of pyridine rings is 1. The minimum absolute atomic E-state index is 0.0846. The summed E-state index contributed by atoms with van der Waals surface area (Å²) in [4.78, 5) is 29.4. The minimum atomic E-state index is -0.185. The molecular formula is C23H20Cl3N3O2. The summed E-state index contributed by atoms with van der Waals surface area (Å²) in [5.74, 6) is -0.0846. The van der Waals surface area contributed by atoms with Crippen molar-refractivity contribution in [1.82, 2.24) is 9.47 Å². The number of piperazine rings is 1. The zero-order valence-electron chi connectivity index (χ0n) is 16.6. The van der Waals surface area contributed by atoms with Gasteiger partial charge in [-0.15, -0.1) is 0 Å². The second-order valence-corrected chi connectivity index (χ2v) is 8.64. The summed E-state index contributed by atoms with van der Waals surface area (Å²) in [6, 6.07) is 15.9. The number of benzene rings is 2. The molecule has 0 saturated carbocycles. The number of halogens is 3. The largest absolute Gasteiger partial charge is 0.368 e. The van der Waals surface area contributed by atoms with Crippen molar-refractivity contribution < 1.29 is 4.79 Å². The van der Waals surface area contributed by atoms with E-state index >= 15 is 0 Å². The number of carbonyl (C=O) groups excluding carboxylic acids is 1. The summed E-state index contributed by atoms with van der Waals surface area (Å²) in [6.07, 6.45) is 1.61. The van der Waals surface area contributed by atoms with Crippen molar-refractivity contribution >= 4 is 46.4 Å². The average molecular weight is 477 g/mol. The van der Waals surface area contributed by atoms with Gasteiger partial charge in [-0.25, -0.2) is 0 Å². The second-order valence-electron chi connectivity index (χ2n) is 7.39. The van der Waals surface area contributed by atoms with Crippen LogP contribution in [-0.4, -0.2) is 41.6 Å². The van der Waals surface area contributed by atoms with Crippen molar-refractivity contribution in [1.29, 1.82) is 0 Å². The van der Waals surface area contributed by atoms with Crippen LogP contribution in [0.5, 0.6) is 0 Å². The molecule has 0 unspecified atom stereocenters. The number of hydrogen-bond acceptors (Lipinski definition) is 3. The topological polar surface area (TPSA) is 45.6 Å². The fourth-order valence-electron chi connectivity index (χ4n) is 3.62.